The standard InChI is InChI=1S/C19H16Cl2N4O/c1-12-5-2-3-6-13(12)11-23-19-22-10-9-16(24-19)18(26)25-17-14(20)7-4-8-15(17)21/h2-10H,11H2,1H3,(H,25,26)(H,22,23,24). The summed E-state index contributed by atoms with van der Waals surface area (Å²) in [5.74, 6) is -0.0486. The highest BCUT2D eigenvalue weighted by Gasteiger charge is 2.13. The number of carbonyl (C=O) groups excluding carboxylic acids is 1. The number of benzene rings is 2. The van der Waals surface area contributed by atoms with Gasteiger partial charge in [0.2, 0.25) is 5.95 Å². The maximum absolute atomic E-state index is 12.5. The van der Waals surface area contributed by atoms with Crippen LogP contribution in [0.4, 0.5) is 11.6 Å². The minimum atomic E-state index is -0.415. The van der Waals surface area contributed by atoms with Gasteiger partial charge in [-0.15, -0.1) is 0 Å². The fraction of sp³-hybridized carbons (Fsp3) is 0.105. The summed E-state index contributed by atoms with van der Waals surface area (Å²) in [7, 11) is 0. The fourth-order valence-electron chi connectivity index (χ4n) is 2.35. The fourth-order valence-corrected chi connectivity index (χ4v) is 2.84. The molecule has 0 aliphatic carbocycles. The first-order valence-corrected chi connectivity index (χ1v) is 8.67. The highest BCUT2D eigenvalue weighted by molar-refractivity contribution is 6.40. The van der Waals surface area contributed by atoms with Gasteiger partial charge in [-0.05, 0) is 36.2 Å². The van der Waals surface area contributed by atoms with E-state index in [1.807, 2.05) is 31.2 Å². The monoisotopic (exact) mass is 386 g/mol. The van der Waals surface area contributed by atoms with E-state index in [4.69, 9.17) is 23.2 Å². The molecule has 0 bridgehead atoms. The van der Waals surface area contributed by atoms with Crippen LogP contribution in [-0.4, -0.2) is 15.9 Å². The van der Waals surface area contributed by atoms with Crippen LogP contribution in [0, 0.1) is 6.92 Å². The number of halogens is 2. The lowest BCUT2D eigenvalue weighted by atomic mass is 10.1. The molecular weight excluding hydrogens is 371 g/mol. The summed E-state index contributed by atoms with van der Waals surface area (Å²) in [5.41, 5.74) is 2.87. The average Bonchev–Trinajstić information content (AvgIpc) is 2.64. The molecule has 0 aliphatic rings. The van der Waals surface area contributed by atoms with Crippen molar-refractivity contribution in [3.05, 3.63) is 81.6 Å². The molecule has 26 heavy (non-hydrogen) atoms. The normalized spacial score (nSPS) is 10.4. The molecular formula is C19H16Cl2N4O. The predicted molar refractivity (Wildman–Crippen MR) is 105 cm³/mol. The van der Waals surface area contributed by atoms with Crippen molar-refractivity contribution in [2.75, 3.05) is 10.6 Å². The smallest absolute Gasteiger partial charge is 0.274 e. The molecule has 3 aromatic rings. The number of para-hydroxylation sites is 1. The van der Waals surface area contributed by atoms with E-state index in [1.165, 1.54) is 17.8 Å². The topological polar surface area (TPSA) is 66.9 Å². The van der Waals surface area contributed by atoms with Gasteiger partial charge in [-0.1, -0.05) is 53.5 Å². The Labute approximate surface area is 161 Å². The zero-order valence-electron chi connectivity index (χ0n) is 14.0. The highest BCUT2D eigenvalue weighted by Crippen LogP contribution is 2.30. The molecule has 0 saturated heterocycles. The molecule has 132 valence electrons. The van der Waals surface area contributed by atoms with E-state index in [0.717, 1.165) is 5.56 Å². The molecule has 0 atom stereocenters. The third-order valence-electron chi connectivity index (χ3n) is 3.79. The Morgan fingerprint density at radius 2 is 1.77 bits per heavy atom. The Hall–Kier alpha value is -2.63. The Kier molecular flexibility index (Phi) is 5.71. The van der Waals surface area contributed by atoms with Crippen molar-refractivity contribution in [3.63, 3.8) is 0 Å². The van der Waals surface area contributed by atoms with Crippen LogP contribution in [-0.2, 0) is 6.54 Å². The number of rotatable bonds is 5. The van der Waals surface area contributed by atoms with Crippen LogP contribution in [0.25, 0.3) is 0 Å². The first kappa shape index (κ1) is 18.2. The maximum Gasteiger partial charge on any atom is 0.274 e. The summed E-state index contributed by atoms with van der Waals surface area (Å²) in [5, 5.41) is 6.53. The average molecular weight is 387 g/mol. The summed E-state index contributed by atoms with van der Waals surface area (Å²) in [6.45, 7) is 2.60. The SMILES string of the molecule is Cc1ccccc1CNc1nccc(C(=O)Nc2c(Cl)cccc2Cl)n1. The molecule has 0 radical (unpaired) electrons. The van der Waals surface area contributed by atoms with Crippen molar-refractivity contribution in [3.8, 4) is 0 Å². The molecule has 0 aliphatic heterocycles. The molecule has 1 aromatic heterocycles. The first-order chi connectivity index (χ1) is 12.5. The molecule has 0 fully saturated rings. The van der Waals surface area contributed by atoms with Gasteiger partial charge >= 0.3 is 0 Å². The lowest BCUT2D eigenvalue weighted by molar-refractivity contribution is 0.102. The van der Waals surface area contributed by atoms with Crippen molar-refractivity contribution in [2.45, 2.75) is 13.5 Å². The minimum Gasteiger partial charge on any atom is -0.350 e. The zero-order valence-corrected chi connectivity index (χ0v) is 15.5. The number of nitrogens with zero attached hydrogens (tertiary/aromatic N) is 2. The van der Waals surface area contributed by atoms with Crippen LogP contribution in [0.5, 0.6) is 0 Å². The summed E-state index contributed by atoms with van der Waals surface area (Å²) >= 11 is 12.2. The zero-order chi connectivity index (χ0) is 18.5. The quantitative estimate of drug-likeness (QED) is 0.650. The molecule has 2 N–H and O–H groups in total. The van der Waals surface area contributed by atoms with Crippen LogP contribution in [0.2, 0.25) is 10.0 Å². The number of hydrogen-bond donors (Lipinski definition) is 2. The van der Waals surface area contributed by atoms with E-state index >= 15 is 0 Å². The third kappa shape index (κ3) is 4.31. The highest BCUT2D eigenvalue weighted by atomic mass is 35.5. The van der Waals surface area contributed by atoms with Crippen molar-refractivity contribution >= 4 is 40.7 Å². The number of aromatic nitrogens is 2. The van der Waals surface area contributed by atoms with E-state index in [-0.39, 0.29) is 5.69 Å². The maximum atomic E-state index is 12.5. The van der Waals surface area contributed by atoms with Crippen LogP contribution in [0.1, 0.15) is 21.6 Å². The van der Waals surface area contributed by atoms with Crippen molar-refractivity contribution in [1.82, 2.24) is 9.97 Å². The molecule has 0 saturated carbocycles. The lowest BCUT2D eigenvalue weighted by Gasteiger charge is -2.10. The van der Waals surface area contributed by atoms with Crippen LogP contribution >= 0.6 is 23.2 Å². The number of amides is 1. The van der Waals surface area contributed by atoms with E-state index < -0.39 is 5.91 Å². The summed E-state index contributed by atoms with van der Waals surface area (Å²) in [6.07, 6.45) is 1.52. The Morgan fingerprint density at radius 1 is 1.04 bits per heavy atom. The Morgan fingerprint density at radius 3 is 2.50 bits per heavy atom. The molecule has 1 heterocycles. The van der Waals surface area contributed by atoms with Gasteiger partial charge in [0.1, 0.15) is 5.69 Å². The second-order valence-corrected chi connectivity index (χ2v) is 6.41. The molecule has 2 aromatic carbocycles. The van der Waals surface area contributed by atoms with Gasteiger partial charge < -0.3 is 10.6 Å². The van der Waals surface area contributed by atoms with Crippen LogP contribution in [0.3, 0.4) is 0 Å². The van der Waals surface area contributed by atoms with Crippen molar-refractivity contribution in [1.29, 1.82) is 0 Å². The lowest BCUT2D eigenvalue weighted by Crippen LogP contribution is -2.16. The number of carbonyl (C=O) groups is 1. The van der Waals surface area contributed by atoms with Gasteiger partial charge in [-0.25, -0.2) is 9.97 Å². The van der Waals surface area contributed by atoms with Gasteiger partial charge in [0.15, 0.2) is 0 Å². The molecule has 1 amide bonds. The molecule has 5 nitrogen and oxygen atoms in total. The number of anilines is 2. The van der Waals surface area contributed by atoms with Gasteiger partial charge in [0.25, 0.3) is 5.91 Å². The number of aryl methyl sites for hydroxylation is 1. The Balaban J connectivity index is 1.72. The second kappa shape index (κ2) is 8.17. The predicted octanol–water partition coefficient (Wildman–Crippen LogP) is 4.96. The minimum absolute atomic E-state index is 0.211. The second-order valence-electron chi connectivity index (χ2n) is 5.60. The van der Waals surface area contributed by atoms with E-state index in [2.05, 4.69) is 20.6 Å². The van der Waals surface area contributed by atoms with Gasteiger partial charge in [0, 0.05) is 12.7 Å². The van der Waals surface area contributed by atoms with E-state index in [9.17, 15) is 4.79 Å². The first-order valence-electron chi connectivity index (χ1n) is 7.91. The largest absolute Gasteiger partial charge is 0.350 e. The summed E-state index contributed by atoms with van der Waals surface area (Å²) in [6, 6.07) is 14.6. The van der Waals surface area contributed by atoms with E-state index in [0.29, 0.717) is 28.2 Å². The van der Waals surface area contributed by atoms with Gasteiger partial charge in [-0.2, -0.15) is 0 Å². The van der Waals surface area contributed by atoms with Crippen molar-refractivity contribution < 1.29 is 4.79 Å². The molecule has 3 rings (SSSR count). The van der Waals surface area contributed by atoms with Gasteiger partial charge in [0.05, 0.1) is 15.7 Å². The molecule has 7 heteroatoms. The van der Waals surface area contributed by atoms with Gasteiger partial charge in [-0.3, -0.25) is 4.79 Å². The molecule has 0 unspecified atom stereocenters. The third-order valence-corrected chi connectivity index (χ3v) is 4.42. The Bertz CT molecular complexity index is 926. The number of hydrogen-bond acceptors (Lipinski definition) is 4. The summed E-state index contributed by atoms with van der Waals surface area (Å²) < 4.78 is 0. The van der Waals surface area contributed by atoms with Crippen LogP contribution < -0.4 is 10.6 Å². The van der Waals surface area contributed by atoms with E-state index in [1.54, 1.807) is 18.2 Å². The van der Waals surface area contributed by atoms with Crippen molar-refractivity contribution in [2.24, 2.45) is 0 Å². The molecule has 0 spiro atoms. The van der Waals surface area contributed by atoms with Crippen LogP contribution in [0.15, 0.2) is 54.7 Å². The number of nitrogens with one attached hydrogen (secondary N) is 2. The summed E-state index contributed by atoms with van der Waals surface area (Å²) in [4.78, 5) is 20.9.